The van der Waals surface area contributed by atoms with E-state index in [2.05, 4.69) is 0 Å². The van der Waals surface area contributed by atoms with Crippen molar-refractivity contribution in [3.05, 3.63) is 59.5 Å². The number of rotatable bonds is 1. The number of hydrogen-bond donors (Lipinski definition) is 2. The number of ether oxygens (including phenoxy) is 1. The lowest BCUT2D eigenvalue weighted by atomic mass is 10.1. The van der Waals surface area contributed by atoms with Gasteiger partial charge in [-0.05, 0) is 24.3 Å². The lowest BCUT2D eigenvalue weighted by Crippen LogP contribution is -2.02. The number of ketones is 1. The Morgan fingerprint density at radius 2 is 1.92 bits per heavy atom. The number of aromatic hydroxyl groups is 2. The van der Waals surface area contributed by atoms with Crippen molar-refractivity contribution in [2.24, 2.45) is 0 Å². The summed E-state index contributed by atoms with van der Waals surface area (Å²) in [6, 6.07) is 9.95. The molecule has 2 heterocycles. The Balaban J connectivity index is 1.86. The zero-order valence-electron chi connectivity index (χ0n) is 13.2. The quantitative estimate of drug-likeness (QED) is 0.526. The molecule has 1 aliphatic rings. The SMILES string of the molecule is CC(=O)n1cc(C=C2Oc3c(ccc(O)c3O)C2=O)c2ccccc21. The predicted octanol–water partition coefficient (Wildman–Crippen LogP) is 3.33. The van der Waals surface area contributed by atoms with Crippen LogP contribution in [0, 0.1) is 0 Å². The van der Waals surface area contributed by atoms with Crippen LogP contribution in [-0.2, 0) is 0 Å². The molecule has 4 rings (SSSR count). The van der Waals surface area contributed by atoms with E-state index in [-0.39, 0.29) is 28.7 Å². The van der Waals surface area contributed by atoms with Gasteiger partial charge in [0.1, 0.15) is 0 Å². The van der Waals surface area contributed by atoms with Crippen molar-refractivity contribution in [1.29, 1.82) is 0 Å². The molecule has 25 heavy (non-hydrogen) atoms. The first-order chi connectivity index (χ1) is 12.0. The Labute approximate surface area is 142 Å². The zero-order chi connectivity index (χ0) is 17.7. The van der Waals surface area contributed by atoms with Gasteiger partial charge >= 0.3 is 0 Å². The number of benzene rings is 2. The standard InChI is InChI=1S/C19H13NO5/c1-10(21)20-9-11(12-4-2-3-5-14(12)20)8-16-17(23)13-6-7-15(22)18(24)19(13)25-16/h2-9,22,24H,1H3. The van der Waals surface area contributed by atoms with Crippen LogP contribution in [-0.4, -0.2) is 26.5 Å². The molecule has 0 atom stereocenters. The van der Waals surface area contributed by atoms with Gasteiger partial charge in [-0.25, -0.2) is 0 Å². The lowest BCUT2D eigenvalue weighted by Gasteiger charge is -2.02. The highest BCUT2D eigenvalue weighted by Crippen LogP contribution is 2.44. The second-order valence-corrected chi connectivity index (χ2v) is 5.74. The van der Waals surface area contributed by atoms with Gasteiger partial charge in [-0.15, -0.1) is 0 Å². The van der Waals surface area contributed by atoms with Crippen LogP contribution in [0.25, 0.3) is 17.0 Å². The second-order valence-electron chi connectivity index (χ2n) is 5.74. The van der Waals surface area contributed by atoms with Gasteiger partial charge in [0.15, 0.2) is 17.3 Å². The maximum atomic E-state index is 12.5. The van der Waals surface area contributed by atoms with Crippen LogP contribution < -0.4 is 4.74 Å². The van der Waals surface area contributed by atoms with E-state index >= 15 is 0 Å². The van der Waals surface area contributed by atoms with Gasteiger partial charge < -0.3 is 14.9 Å². The summed E-state index contributed by atoms with van der Waals surface area (Å²) in [5, 5.41) is 20.2. The number of allylic oxidation sites excluding steroid dienone is 1. The number of phenols is 2. The molecule has 0 aliphatic carbocycles. The number of hydrogen-bond acceptors (Lipinski definition) is 5. The summed E-state index contributed by atoms with van der Waals surface area (Å²) in [4.78, 5) is 24.3. The Morgan fingerprint density at radius 3 is 2.68 bits per heavy atom. The summed E-state index contributed by atoms with van der Waals surface area (Å²) in [6.45, 7) is 1.46. The van der Waals surface area contributed by atoms with Gasteiger partial charge in [-0.2, -0.15) is 0 Å². The highest BCUT2D eigenvalue weighted by atomic mass is 16.5. The Bertz CT molecular complexity index is 1090. The summed E-state index contributed by atoms with van der Waals surface area (Å²) in [5.41, 5.74) is 1.55. The smallest absolute Gasteiger partial charge is 0.232 e. The number of carbonyl (C=O) groups excluding carboxylic acids is 2. The van der Waals surface area contributed by atoms with Crippen molar-refractivity contribution in [3.63, 3.8) is 0 Å². The number of aromatic nitrogens is 1. The third kappa shape index (κ3) is 2.19. The van der Waals surface area contributed by atoms with Crippen molar-refractivity contribution in [2.75, 3.05) is 0 Å². The second kappa shape index (κ2) is 5.24. The molecule has 2 N–H and O–H groups in total. The van der Waals surface area contributed by atoms with E-state index in [0.29, 0.717) is 5.56 Å². The van der Waals surface area contributed by atoms with Gasteiger partial charge in [0.2, 0.25) is 17.4 Å². The van der Waals surface area contributed by atoms with E-state index in [1.807, 2.05) is 24.3 Å². The maximum Gasteiger partial charge on any atom is 0.232 e. The average molecular weight is 335 g/mol. The van der Waals surface area contributed by atoms with Gasteiger partial charge in [0.05, 0.1) is 11.1 Å². The first kappa shape index (κ1) is 15.0. The molecule has 0 saturated carbocycles. The van der Waals surface area contributed by atoms with Crippen LogP contribution in [0.1, 0.15) is 27.6 Å². The fraction of sp³-hybridized carbons (Fsp3) is 0.0526. The van der Waals surface area contributed by atoms with Crippen LogP contribution in [0.3, 0.4) is 0 Å². The zero-order valence-corrected chi connectivity index (χ0v) is 13.2. The summed E-state index contributed by atoms with van der Waals surface area (Å²) >= 11 is 0. The monoisotopic (exact) mass is 335 g/mol. The number of Topliss-reactive ketones (excluding diaryl/α,β-unsaturated/α-hetero) is 1. The van der Waals surface area contributed by atoms with Crippen LogP contribution >= 0.6 is 0 Å². The summed E-state index contributed by atoms with van der Waals surface area (Å²) < 4.78 is 6.96. The Morgan fingerprint density at radius 1 is 1.16 bits per heavy atom. The normalized spacial score (nSPS) is 14.8. The Kier molecular flexibility index (Phi) is 3.15. The highest BCUT2D eigenvalue weighted by Gasteiger charge is 2.31. The fourth-order valence-electron chi connectivity index (χ4n) is 2.95. The summed E-state index contributed by atoms with van der Waals surface area (Å²) in [5.74, 6) is -1.43. The molecule has 0 saturated heterocycles. The molecule has 6 heteroatoms. The van der Waals surface area contributed by atoms with Crippen LogP contribution in [0.4, 0.5) is 0 Å². The topological polar surface area (TPSA) is 88.8 Å². The minimum absolute atomic E-state index is 0.0161. The van der Waals surface area contributed by atoms with Crippen molar-refractivity contribution in [2.45, 2.75) is 6.92 Å². The number of para-hydroxylation sites is 1. The molecule has 0 unspecified atom stereocenters. The van der Waals surface area contributed by atoms with Crippen molar-refractivity contribution < 1.29 is 24.5 Å². The molecule has 2 aromatic carbocycles. The predicted molar refractivity (Wildman–Crippen MR) is 90.9 cm³/mol. The largest absolute Gasteiger partial charge is 0.504 e. The van der Waals surface area contributed by atoms with E-state index < -0.39 is 11.5 Å². The third-order valence-corrected chi connectivity index (χ3v) is 4.16. The van der Waals surface area contributed by atoms with Crippen LogP contribution in [0.2, 0.25) is 0 Å². The molecule has 0 radical (unpaired) electrons. The van der Waals surface area contributed by atoms with E-state index in [1.54, 1.807) is 6.20 Å². The summed E-state index contributed by atoms with van der Waals surface area (Å²) in [7, 11) is 0. The van der Waals surface area contributed by atoms with E-state index in [1.165, 1.54) is 29.7 Å². The highest BCUT2D eigenvalue weighted by molar-refractivity contribution is 6.16. The van der Waals surface area contributed by atoms with E-state index in [9.17, 15) is 19.8 Å². The molecule has 1 aliphatic heterocycles. The molecule has 0 amide bonds. The first-order valence-corrected chi connectivity index (χ1v) is 7.57. The lowest BCUT2D eigenvalue weighted by molar-refractivity contribution is 0.0941. The van der Waals surface area contributed by atoms with Crippen LogP contribution in [0.15, 0.2) is 48.4 Å². The minimum atomic E-state index is -0.472. The van der Waals surface area contributed by atoms with Gasteiger partial charge in [-0.3, -0.25) is 14.2 Å². The molecular weight excluding hydrogens is 322 g/mol. The van der Waals surface area contributed by atoms with Crippen molar-refractivity contribution >= 4 is 28.7 Å². The molecule has 0 spiro atoms. The molecule has 3 aromatic rings. The molecule has 124 valence electrons. The number of nitrogens with zero attached hydrogens (tertiary/aromatic N) is 1. The van der Waals surface area contributed by atoms with Crippen LogP contribution in [0.5, 0.6) is 17.2 Å². The Hall–Kier alpha value is -3.54. The molecule has 6 nitrogen and oxygen atoms in total. The van der Waals surface area contributed by atoms with Crippen molar-refractivity contribution in [1.82, 2.24) is 4.57 Å². The van der Waals surface area contributed by atoms with Gasteiger partial charge in [-0.1, -0.05) is 18.2 Å². The van der Waals surface area contributed by atoms with E-state index in [4.69, 9.17) is 4.74 Å². The maximum absolute atomic E-state index is 12.5. The number of carbonyl (C=O) groups is 2. The average Bonchev–Trinajstić information content (AvgIpc) is 3.11. The summed E-state index contributed by atoms with van der Waals surface area (Å²) in [6.07, 6.45) is 3.16. The van der Waals surface area contributed by atoms with Gasteiger partial charge in [0.25, 0.3) is 0 Å². The van der Waals surface area contributed by atoms with E-state index in [0.717, 1.165) is 10.9 Å². The number of fused-ring (bicyclic) bond motifs is 2. The molecule has 1 aromatic heterocycles. The number of phenolic OH excluding ortho intramolecular Hbond substituents is 2. The third-order valence-electron chi connectivity index (χ3n) is 4.16. The van der Waals surface area contributed by atoms with Crippen molar-refractivity contribution in [3.8, 4) is 17.2 Å². The molecule has 0 bridgehead atoms. The molecular formula is C19H13NO5. The first-order valence-electron chi connectivity index (χ1n) is 7.57. The molecule has 0 fully saturated rings. The van der Waals surface area contributed by atoms with Gasteiger partial charge in [0, 0.05) is 24.1 Å². The fourth-order valence-corrected chi connectivity index (χ4v) is 2.95. The minimum Gasteiger partial charge on any atom is -0.504 e.